The average Bonchev–Trinajstić information content (AvgIpc) is 3.14. The first-order valence-electron chi connectivity index (χ1n) is 9.08. The Hall–Kier alpha value is -2.60. The SMILES string of the molecule is Cc1noc(-c2ccnc(N3CCCC(COc4ccccc4Cl)C3)c2)n1. The molecule has 1 saturated heterocycles. The number of rotatable bonds is 5. The van der Waals surface area contributed by atoms with Crippen molar-refractivity contribution < 1.29 is 9.26 Å². The van der Waals surface area contributed by atoms with Gasteiger partial charge in [0.1, 0.15) is 11.6 Å². The van der Waals surface area contributed by atoms with E-state index in [1.165, 1.54) is 0 Å². The second-order valence-electron chi connectivity index (χ2n) is 6.75. The molecule has 4 rings (SSSR count). The first kappa shape index (κ1) is 17.8. The van der Waals surface area contributed by atoms with Crippen molar-refractivity contribution in [2.45, 2.75) is 19.8 Å². The van der Waals surface area contributed by atoms with Crippen LogP contribution in [0.25, 0.3) is 11.5 Å². The van der Waals surface area contributed by atoms with Crippen LogP contribution in [0.2, 0.25) is 5.02 Å². The first-order chi connectivity index (χ1) is 13.2. The summed E-state index contributed by atoms with van der Waals surface area (Å²) in [6.45, 7) is 4.32. The fraction of sp³-hybridized carbons (Fsp3) is 0.350. The summed E-state index contributed by atoms with van der Waals surface area (Å²) in [5.74, 6) is 3.23. The van der Waals surface area contributed by atoms with E-state index >= 15 is 0 Å². The summed E-state index contributed by atoms with van der Waals surface area (Å²) in [7, 11) is 0. The van der Waals surface area contributed by atoms with Crippen LogP contribution in [-0.2, 0) is 0 Å². The molecule has 2 aromatic heterocycles. The van der Waals surface area contributed by atoms with E-state index in [1.807, 2.05) is 43.3 Å². The van der Waals surface area contributed by atoms with Crippen LogP contribution < -0.4 is 9.64 Å². The zero-order chi connectivity index (χ0) is 18.6. The van der Waals surface area contributed by atoms with Crippen LogP contribution >= 0.6 is 11.6 Å². The predicted octanol–water partition coefficient (Wildman–Crippen LogP) is 4.39. The number of hydrogen-bond acceptors (Lipinski definition) is 6. The van der Waals surface area contributed by atoms with Crippen molar-refractivity contribution in [3.8, 4) is 17.2 Å². The summed E-state index contributed by atoms with van der Waals surface area (Å²) < 4.78 is 11.2. The van der Waals surface area contributed by atoms with Crippen LogP contribution in [-0.4, -0.2) is 34.8 Å². The van der Waals surface area contributed by atoms with Crippen molar-refractivity contribution in [3.05, 3.63) is 53.4 Å². The van der Waals surface area contributed by atoms with E-state index in [-0.39, 0.29) is 0 Å². The molecule has 0 spiro atoms. The zero-order valence-electron chi connectivity index (χ0n) is 15.1. The van der Waals surface area contributed by atoms with Gasteiger partial charge < -0.3 is 14.2 Å². The summed E-state index contributed by atoms with van der Waals surface area (Å²) in [6.07, 6.45) is 4.01. The zero-order valence-corrected chi connectivity index (χ0v) is 15.9. The summed E-state index contributed by atoms with van der Waals surface area (Å²) in [5, 5.41) is 4.51. The molecule has 1 aliphatic heterocycles. The molecule has 1 unspecified atom stereocenters. The summed E-state index contributed by atoms with van der Waals surface area (Å²) in [4.78, 5) is 11.1. The van der Waals surface area contributed by atoms with Crippen molar-refractivity contribution >= 4 is 17.4 Å². The highest BCUT2D eigenvalue weighted by molar-refractivity contribution is 6.32. The lowest BCUT2D eigenvalue weighted by molar-refractivity contribution is 0.228. The number of para-hydroxylation sites is 1. The van der Waals surface area contributed by atoms with Gasteiger partial charge in [0.25, 0.3) is 5.89 Å². The van der Waals surface area contributed by atoms with E-state index in [1.54, 1.807) is 6.20 Å². The van der Waals surface area contributed by atoms with E-state index in [4.69, 9.17) is 20.9 Å². The van der Waals surface area contributed by atoms with Crippen LogP contribution in [0.3, 0.4) is 0 Å². The van der Waals surface area contributed by atoms with E-state index in [9.17, 15) is 0 Å². The van der Waals surface area contributed by atoms with Crippen molar-refractivity contribution in [3.63, 3.8) is 0 Å². The quantitative estimate of drug-likeness (QED) is 0.650. The molecule has 0 N–H and O–H groups in total. The minimum absolute atomic E-state index is 0.422. The smallest absolute Gasteiger partial charge is 0.258 e. The van der Waals surface area contributed by atoms with Crippen molar-refractivity contribution in [1.82, 2.24) is 15.1 Å². The molecule has 1 aliphatic rings. The molecule has 3 aromatic rings. The lowest BCUT2D eigenvalue weighted by Crippen LogP contribution is -2.38. The Bertz CT molecular complexity index is 914. The normalized spacial score (nSPS) is 17.1. The van der Waals surface area contributed by atoms with Crippen LogP contribution in [0, 0.1) is 12.8 Å². The fourth-order valence-electron chi connectivity index (χ4n) is 3.32. The number of aromatic nitrogens is 3. The second-order valence-corrected chi connectivity index (χ2v) is 7.15. The van der Waals surface area contributed by atoms with Crippen molar-refractivity contribution in [1.29, 1.82) is 0 Å². The standard InChI is InChI=1S/C20H21ClN4O2/c1-14-23-20(27-24-14)16-8-9-22-19(11-16)25-10-4-5-15(12-25)13-26-18-7-3-2-6-17(18)21/h2-3,6-9,11,15H,4-5,10,12-13H2,1H3. The third-order valence-electron chi connectivity index (χ3n) is 4.67. The molecule has 1 fully saturated rings. The Kier molecular flexibility index (Phi) is 5.25. The van der Waals surface area contributed by atoms with Gasteiger partial charge in [-0.25, -0.2) is 4.98 Å². The Labute approximate surface area is 163 Å². The number of hydrogen-bond donors (Lipinski definition) is 0. The number of anilines is 1. The molecule has 0 bridgehead atoms. The maximum atomic E-state index is 6.18. The molecule has 0 aliphatic carbocycles. The van der Waals surface area contributed by atoms with Gasteiger partial charge in [0.2, 0.25) is 0 Å². The Morgan fingerprint density at radius 1 is 1.30 bits per heavy atom. The van der Waals surface area contributed by atoms with Crippen molar-refractivity contribution in [2.75, 3.05) is 24.6 Å². The second kappa shape index (κ2) is 7.96. The summed E-state index contributed by atoms with van der Waals surface area (Å²) >= 11 is 6.18. The number of aryl methyl sites for hydroxylation is 1. The average molecular weight is 385 g/mol. The minimum Gasteiger partial charge on any atom is -0.492 e. The van der Waals surface area contributed by atoms with Gasteiger partial charge in [-0.05, 0) is 44.0 Å². The number of pyridine rings is 1. The highest BCUT2D eigenvalue weighted by Gasteiger charge is 2.22. The van der Waals surface area contributed by atoms with Crippen LogP contribution in [0.4, 0.5) is 5.82 Å². The lowest BCUT2D eigenvalue weighted by atomic mass is 9.99. The molecule has 6 nitrogen and oxygen atoms in total. The van der Waals surface area contributed by atoms with Crippen LogP contribution in [0.5, 0.6) is 5.75 Å². The highest BCUT2D eigenvalue weighted by Crippen LogP contribution is 2.28. The lowest BCUT2D eigenvalue weighted by Gasteiger charge is -2.33. The van der Waals surface area contributed by atoms with E-state index < -0.39 is 0 Å². The molecular formula is C20H21ClN4O2. The van der Waals surface area contributed by atoms with Gasteiger partial charge in [-0.1, -0.05) is 28.9 Å². The first-order valence-corrected chi connectivity index (χ1v) is 9.46. The maximum Gasteiger partial charge on any atom is 0.258 e. The Morgan fingerprint density at radius 3 is 3.00 bits per heavy atom. The van der Waals surface area contributed by atoms with Gasteiger partial charge in [0, 0.05) is 30.8 Å². The molecule has 140 valence electrons. The van der Waals surface area contributed by atoms with E-state index in [2.05, 4.69) is 20.0 Å². The largest absolute Gasteiger partial charge is 0.492 e. The molecule has 0 radical (unpaired) electrons. The van der Waals surface area contributed by atoms with E-state index in [0.29, 0.717) is 29.3 Å². The molecule has 0 saturated carbocycles. The fourth-order valence-corrected chi connectivity index (χ4v) is 3.51. The molecular weight excluding hydrogens is 364 g/mol. The van der Waals surface area contributed by atoms with Gasteiger partial charge in [-0.2, -0.15) is 4.98 Å². The Morgan fingerprint density at radius 2 is 2.19 bits per heavy atom. The minimum atomic E-state index is 0.422. The third kappa shape index (κ3) is 4.22. The molecule has 3 heterocycles. The highest BCUT2D eigenvalue weighted by atomic mass is 35.5. The number of piperidine rings is 1. The van der Waals surface area contributed by atoms with Gasteiger partial charge in [0.05, 0.1) is 11.6 Å². The van der Waals surface area contributed by atoms with Gasteiger partial charge in [-0.15, -0.1) is 0 Å². The number of nitrogens with zero attached hydrogens (tertiary/aromatic N) is 4. The number of halogens is 1. The van der Waals surface area contributed by atoms with Crippen LogP contribution in [0.1, 0.15) is 18.7 Å². The van der Waals surface area contributed by atoms with Gasteiger partial charge in [-0.3, -0.25) is 0 Å². The van der Waals surface area contributed by atoms with Crippen LogP contribution in [0.15, 0.2) is 47.1 Å². The van der Waals surface area contributed by atoms with Crippen molar-refractivity contribution in [2.24, 2.45) is 5.92 Å². The van der Waals surface area contributed by atoms with Gasteiger partial charge in [0.15, 0.2) is 5.82 Å². The monoisotopic (exact) mass is 384 g/mol. The molecule has 0 amide bonds. The molecule has 27 heavy (non-hydrogen) atoms. The number of ether oxygens (including phenoxy) is 1. The summed E-state index contributed by atoms with van der Waals surface area (Å²) in [6, 6.07) is 11.5. The topological polar surface area (TPSA) is 64.3 Å². The molecule has 1 aromatic carbocycles. The molecule has 1 atom stereocenters. The molecule has 7 heteroatoms. The summed E-state index contributed by atoms with van der Waals surface area (Å²) in [5.41, 5.74) is 0.884. The van der Waals surface area contributed by atoms with E-state index in [0.717, 1.165) is 43.1 Å². The Balaban J connectivity index is 1.43. The third-order valence-corrected chi connectivity index (χ3v) is 4.99. The van der Waals surface area contributed by atoms with Gasteiger partial charge >= 0.3 is 0 Å². The number of benzene rings is 1. The maximum absolute atomic E-state index is 6.18. The predicted molar refractivity (Wildman–Crippen MR) is 104 cm³/mol.